The maximum Gasteiger partial charge on any atom is 0.338 e. The molecule has 2 rings (SSSR count). The van der Waals surface area contributed by atoms with Crippen LogP contribution in [0.3, 0.4) is 0 Å². The van der Waals surface area contributed by atoms with Gasteiger partial charge in [-0.15, -0.1) is 0 Å². The lowest BCUT2D eigenvalue weighted by molar-refractivity contribution is -0.123. The van der Waals surface area contributed by atoms with E-state index in [1.54, 1.807) is 30.3 Å². The Bertz CT molecular complexity index is 747. The first-order valence-corrected chi connectivity index (χ1v) is 7.60. The fourth-order valence-electron chi connectivity index (χ4n) is 2.02. The Hall–Kier alpha value is -2.73. The Morgan fingerprint density at radius 2 is 1.83 bits per heavy atom. The molecule has 0 unspecified atom stereocenters. The van der Waals surface area contributed by atoms with Gasteiger partial charge in [0, 0.05) is 5.02 Å². The number of amides is 3. The molecule has 0 bridgehead atoms. The molecule has 24 heavy (non-hydrogen) atoms. The number of carbonyl (C=O) groups excluding carboxylic acids is 2. The number of primary amides is 1. The van der Waals surface area contributed by atoms with Crippen LogP contribution in [0.2, 0.25) is 5.02 Å². The molecule has 0 atom stereocenters. The molecule has 2 aromatic rings. The second kappa shape index (κ2) is 7.70. The van der Waals surface area contributed by atoms with Crippen molar-refractivity contribution in [2.45, 2.75) is 13.8 Å². The molecule has 3 amide bonds. The average molecular weight is 348 g/mol. The van der Waals surface area contributed by atoms with Crippen molar-refractivity contribution in [1.82, 2.24) is 5.43 Å². The molecule has 3 N–H and O–H groups in total. The van der Waals surface area contributed by atoms with Crippen molar-refractivity contribution in [1.29, 1.82) is 0 Å². The van der Waals surface area contributed by atoms with E-state index in [0.717, 1.165) is 16.1 Å². The van der Waals surface area contributed by atoms with Crippen molar-refractivity contribution in [2.75, 3.05) is 11.6 Å². The molecule has 6 nitrogen and oxygen atoms in total. The van der Waals surface area contributed by atoms with E-state index in [1.165, 1.54) is 0 Å². The molecular weight excluding hydrogens is 330 g/mol. The number of urea groups is 1. The minimum absolute atomic E-state index is 0.248. The van der Waals surface area contributed by atoms with Gasteiger partial charge in [-0.25, -0.2) is 9.80 Å². The zero-order valence-corrected chi connectivity index (χ0v) is 14.1. The maximum atomic E-state index is 12.1. The first-order valence-electron chi connectivity index (χ1n) is 7.22. The van der Waals surface area contributed by atoms with Crippen LogP contribution in [0, 0.1) is 13.8 Å². The number of anilines is 1. The number of aryl methyl sites for hydroxylation is 1. The molecule has 0 aliphatic rings. The molecule has 0 aliphatic carbocycles. The summed E-state index contributed by atoms with van der Waals surface area (Å²) < 4.78 is 5.50. The zero-order valence-electron chi connectivity index (χ0n) is 13.4. The van der Waals surface area contributed by atoms with Crippen LogP contribution < -0.4 is 20.9 Å². The topological polar surface area (TPSA) is 84.7 Å². The summed E-state index contributed by atoms with van der Waals surface area (Å²) in [5, 5.41) is 1.44. The quantitative estimate of drug-likeness (QED) is 0.834. The van der Waals surface area contributed by atoms with Crippen LogP contribution in [-0.4, -0.2) is 18.5 Å². The highest BCUT2D eigenvalue weighted by molar-refractivity contribution is 6.30. The van der Waals surface area contributed by atoms with Gasteiger partial charge in [0.15, 0.2) is 6.61 Å². The number of benzene rings is 2. The second-order valence-corrected chi connectivity index (χ2v) is 5.61. The van der Waals surface area contributed by atoms with E-state index in [0.29, 0.717) is 16.5 Å². The highest BCUT2D eigenvalue weighted by Crippen LogP contribution is 2.20. The molecule has 0 aliphatic heterocycles. The standard InChI is InChI=1S/C17H18ClN3O3/c1-11-4-3-5-15(12(11)2)24-10-16(22)20-21(17(19)23)14-8-6-13(18)7-9-14/h3-9H,10H2,1-2H3,(H2,19,23)(H,20,22). The van der Waals surface area contributed by atoms with Crippen molar-refractivity contribution in [3.8, 4) is 5.75 Å². The Morgan fingerprint density at radius 1 is 1.17 bits per heavy atom. The van der Waals surface area contributed by atoms with Gasteiger partial charge in [-0.1, -0.05) is 23.7 Å². The summed E-state index contributed by atoms with van der Waals surface area (Å²) >= 11 is 5.80. The molecule has 0 saturated carbocycles. The molecule has 0 heterocycles. The van der Waals surface area contributed by atoms with Crippen molar-refractivity contribution in [3.05, 3.63) is 58.6 Å². The number of halogens is 1. The molecular formula is C17H18ClN3O3. The van der Waals surface area contributed by atoms with E-state index < -0.39 is 11.9 Å². The minimum atomic E-state index is -0.822. The first kappa shape index (κ1) is 17.6. The van der Waals surface area contributed by atoms with Gasteiger partial charge in [0.25, 0.3) is 5.91 Å². The third kappa shape index (κ3) is 4.39. The van der Waals surface area contributed by atoms with Crippen LogP contribution in [0.15, 0.2) is 42.5 Å². The number of nitrogens with one attached hydrogen (secondary N) is 1. The van der Waals surface area contributed by atoms with Gasteiger partial charge < -0.3 is 10.5 Å². The average Bonchev–Trinajstić information content (AvgIpc) is 2.55. The number of ether oxygens (including phenoxy) is 1. The number of nitrogens with two attached hydrogens (primary N) is 1. The summed E-state index contributed by atoms with van der Waals surface area (Å²) in [6.07, 6.45) is 0. The molecule has 7 heteroatoms. The summed E-state index contributed by atoms with van der Waals surface area (Å²) in [6, 6.07) is 11.1. The minimum Gasteiger partial charge on any atom is -0.483 e. The van der Waals surface area contributed by atoms with Crippen LogP contribution >= 0.6 is 11.6 Å². The van der Waals surface area contributed by atoms with Gasteiger partial charge in [0.1, 0.15) is 5.75 Å². The van der Waals surface area contributed by atoms with Crippen LogP contribution in [0.25, 0.3) is 0 Å². The summed E-state index contributed by atoms with van der Waals surface area (Å²) in [7, 11) is 0. The normalized spacial score (nSPS) is 10.1. The van der Waals surface area contributed by atoms with Crippen molar-refractivity contribution >= 4 is 29.2 Å². The largest absolute Gasteiger partial charge is 0.483 e. The third-order valence-electron chi connectivity index (χ3n) is 3.46. The van der Waals surface area contributed by atoms with E-state index in [4.69, 9.17) is 22.1 Å². The lowest BCUT2D eigenvalue weighted by Gasteiger charge is -2.21. The Balaban J connectivity index is 2.02. The summed E-state index contributed by atoms with van der Waals surface area (Å²) in [6.45, 7) is 3.62. The fraction of sp³-hybridized carbons (Fsp3) is 0.176. The number of hydrazine groups is 1. The maximum absolute atomic E-state index is 12.1. The summed E-state index contributed by atoms with van der Waals surface area (Å²) in [4.78, 5) is 23.6. The van der Waals surface area contributed by atoms with Gasteiger partial charge in [0.2, 0.25) is 0 Å². The smallest absolute Gasteiger partial charge is 0.338 e. The second-order valence-electron chi connectivity index (χ2n) is 5.17. The Kier molecular flexibility index (Phi) is 5.65. The predicted molar refractivity (Wildman–Crippen MR) is 93.1 cm³/mol. The van der Waals surface area contributed by atoms with Crippen molar-refractivity contribution in [2.24, 2.45) is 5.73 Å². The molecule has 2 aromatic carbocycles. The molecule has 0 radical (unpaired) electrons. The third-order valence-corrected chi connectivity index (χ3v) is 3.71. The number of nitrogens with zero attached hydrogens (tertiary/aromatic N) is 1. The number of hydrogen-bond donors (Lipinski definition) is 2. The number of carbonyl (C=O) groups is 2. The van der Waals surface area contributed by atoms with Crippen LogP contribution in [0.1, 0.15) is 11.1 Å². The highest BCUT2D eigenvalue weighted by Gasteiger charge is 2.16. The van der Waals surface area contributed by atoms with Crippen LogP contribution in [0.4, 0.5) is 10.5 Å². The number of hydrogen-bond acceptors (Lipinski definition) is 3. The molecule has 0 saturated heterocycles. The van der Waals surface area contributed by atoms with Crippen molar-refractivity contribution < 1.29 is 14.3 Å². The summed E-state index contributed by atoms with van der Waals surface area (Å²) in [5.41, 5.74) is 10.1. The van der Waals surface area contributed by atoms with E-state index in [-0.39, 0.29) is 6.61 Å². The van der Waals surface area contributed by atoms with Crippen molar-refractivity contribution in [3.63, 3.8) is 0 Å². The Morgan fingerprint density at radius 3 is 2.46 bits per heavy atom. The zero-order chi connectivity index (χ0) is 17.7. The van der Waals surface area contributed by atoms with E-state index >= 15 is 0 Å². The van der Waals surface area contributed by atoms with E-state index in [2.05, 4.69) is 5.43 Å². The molecule has 0 aromatic heterocycles. The number of rotatable bonds is 4. The summed E-state index contributed by atoms with van der Waals surface area (Å²) in [5.74, 6) is 0.104. The Labute approximate surface area is 145 Å². The lowest BCUT2D eigenvalue weighted by atomic mass is 10.1. The molecule has 0 fully saturated rings. The SMILES string of the molecule is Cc1cccc(OCC(=O)NN(C(N)=O)c2ccc(Cl)cc2)c1C. The van der Waals surface area contributed by atoms with Gasteiger partial charge in [-0.2, -0.15) is 0 Å². The van der Waals surface area contributed by atoms with Crippen LogP contribution in [-0.2, 0) is 4.79 Å². The van der Waals surface area contributed by atoms with Gasteiger partial charge in [-0.3, -0.25) is 10.2 Å². The van der Waals surface area contributed by atoms with Crippen LogP contribution in [0.5, 0.6) is 5.75 Å². The fourth-order valence-corrected chi connectivity index (χ4v) is 2.14. The van der Waals surface area contributed by atoms with Gasteiger partial charge in [0.05, 0.1) is 5.69 Å². The predicted octanol–water partition coefficient (Wildman–Crippen LogP) is 2.95. The van der Waals surface area contributed by atoms with E-state index in [1.807, 2.05) is 26.0 Å². The monoisotopic (exact) mass is 347 g/mol. The highest BCUT2D eigenvalue weighted by atomic mass is 35.5. The van der Waals surface area contributed by atoms with Gasteiger partial charge in [-0.05, 0) is 55.3 Å². The lowest BCUT2D eigenvalue weighted by Crippen LogP contribution is -2.50. The first-order chi connectivity index (χ1) is 11.4. The van der Waals surface area contributed by atoms with E-state index in [9.17, 15) is 9.59 Å². The molecule has 126 valence electrons. The molecule has 0 spiro atoms. The van der Waals surface area contributed by atoms with Gasteiger partial charge >= 0.3 is 6.03 Å².